The first-order valence-corrected chi connectivity index (χ1v) is 6.14. The number of aromatic nitrogens is 1. The van der Waals surface area contributed by atoms with Crippen LogP contribution in [0, 0.1) is 12.3 Å². The molecule has 1 rings (SSSR count). The molecule has 0 aliphatic heterocycles. The first kappa shape index (κ1) is 12.6. The molecule has 0 aliphatic rings. The lowest BCUT2D eigenvalue weighted by molar-refractivity contribution is 0.0524. The smallest absolute Gasteiger partial charge is 0.0797 e. The normalized spacial score (nSPS) is 17.4. The summed E-state index contributed by atoms with van der Waals surface area (Å²) in [5.74, 6) is 0. The molecule has 0 spiro atoms. The molecule has 1 aromatic heterocycles. The molecule has 3 nitrogen and oxygen atoms in total. The van der Waals surface area contributed by atoms with Gasteiger partial charge in [0.05, 0.1) is 17.3 Å². The Kier molecular flexibility index (Phi) is 4.25. The van der Waals surface area contributed by atoms with Gasteiger partial charge in [0.15, 0.2) is 0 Å². The Morgan fingerprint density at radius 2 is 2.33 bits per heavy atom. The van der Waals surface area contributed by atoms with Crippen molar-refractivity contribution >= 4 is 11.3 Å². The minimum absolute atomic E-state index is 0.184. The van der Waals surface area contributed by atoms with Gasteiger partial charge in [0, 0.05) is 16.8 Å². The van der Waals surface area contributed by atoms with Crippen LogP contribution in [0.25, 0.3) is 0 Å². The van der Waals surface area contributed by atoms with Gasteiger partial charge in [-0.15, -0.1) is 11.3 Å². The third kappa shape index (κ3) is 3.00. The summed E-state index contributed by atoms with van der Waals surface area (Å²) >= 11 is 1.68. The zero-order valence-electron chi connectivity index (χ0n) is 9.66. The zero-order valence-corrected chi connectivity index (χ0v) is 10.5. The molecule has 0 saturated carbocycles. The second-order valence-electron chi connectivity index (χ2n) is 4.40. The third-order valence-corrected chi connectivity index (χ3v) is 4.24. The molecule has 0 saturated heterocycles. The summed E-state index contributed by atoms with van der Waals surface area (Å²) in [6.45, 7) is 6.39. The quantitative estimate of drug-likeness (QED) is 0.807. The van der Waals surface area contributed by atoms with Crippen molar-refractivity contribution in [1.29, 1.82) is 0 Å². The molecule has 3 N–H and O–H groups in total. The molecule has 0 radical (unpaired) electrons. The number of thiazole rings is 1. The van der Waals surface area contributed by atoms with Crippen LogP contribution >= 0.6 is 11.3 Å². The molecule has 86 valence electrons. The number of hydrogen-bond donors (Lipinski definition) is 2. The molecule has 0 aromatic carbocycles. The number of rotatable bonds is 5. The van der Waals surface area contributed by atoms with E-state index in [0.29, 0.717) is 6.54 Å². The van der Waals surface area contributed by atoms with Gasteiger partial charge in [0.2, 0.25) is 0 Å². The van der Waals surface area contributed by atoms with Crippen molar-refractivity contribution in [3.8, 4) is 0 Å². The van der Waals surface area contributed by atoms with E-state index in [1.54, 1.807) is 11.3 Å². The first-order valence-electron chi connectivity index (χ1n) is 5.26. The van der Waals surface area contributed by atoms with Gasteiger partial charge in [-0.3, -0.25) is 0 Å². The van der Waals surface area contributed by atoms with E-state index >= 15 is 0 Å². The minimum atomic E-state index is -0.365. The molecular weight excluding hydrogens is 208 g/mol. The van der Waals surface area contributed by atoms with Crippen molar-refractivity contribution in [2.75, 3.05) is 6.54 Å². The maximum Gasteiger partial charge on any atom is 0.0797 e. The average Bonchev–Trinajstić information content (AvgIpc) is 2.60. The molecule has 15 heavy (non-hydrogen) atoms. The summed E-state index contributed by atoms with van der Waals surface area (Å²) in [5.41, 5.74) is 8.50. The molecule has 1 aromatic rings. The fraction of sp³-hybridized carbons (Fsp3) is 0.727. The zero-order chi connectivity index (χ0) is 11.5. The standard InChI is InChI=1S/C11H20N2OS/c1-8-10(15-7-13-8)4-5-11(3,6-12)9(2)14/h7,9,14H,4-6,12H2,1-3H3. The predicted molar refractivity (Wildman–Crippen MR) is 64.0 cm³/mol. The van der Waals surface area contributed by atoms with Crippen LogP contribution in [0.4, 0.5) is 0 Å². The van der Waals surface area contributed by atoms with Gasteiger partial charge in [-0.25, -0.2) is 4.98 Å². The van der Waals surface area contributed by atoms with Crippen molar-refractivity contribution < 1.29 is 5.11 Å². The van der Waals surface area contributed by atoms with E-state index in [9.17, 15) is 5.11 Å². The van der Waals surface area contributed by atoms with Crippen molar-refractivity contribution in [2.45, 2.75) is 39.7 Å². The lowest BCUT2D eigenvalue weighted by Gasteiger charge is -2.31. The lowest BCUT2D eigenvalue weighted by atomic mass is 9.80. The Morgan fingerprint density at radius 3 is 2.73 bits per heavy atom. The molecule has 0 fully saturated rings. The Morgan fingerprint density at radius 1 is 1.67 bits per heavy atom. The van der Waals surface area contributed by atoms with Crippen LogP contribution in [0.1, 0.15) is 30.8 Å². The number of nitrogens with zero attached hydrogens (tertiary/aromatic N) is 1. The maximum absolute atomic E-state index is 9.68. The van der Waals surface area contributed by atoms with E-state index in [-0.39, 0.29) is 11.5 Å². The number of nitrogens with two attached hydrogens (primary N) is 1. The van der Waals surface area contributed by atoms with E-state index in [0.717, 1.165) is 18.5 Å². The fourth-order valence-electron chi connectivity index (χ4n) is 1.45. The van der Waals surface area contributed by atoms with E-state index in [4.69, 9.17) is 5.73 Å². The molecular formula is C11H20N2OS. The van der Waals surface area contributed by atoms with Gasteiger partial charge in [0.25, 0.3) is 0 Å². The van der Waals surface area contributed by atoms with Crippen LogP contribution in [-0.2, 0) is 6.42 Å². The highest BCUT2D eigenvalue weighted by molar-refractivity contribution is 7.09. The van der Waals surface area contributed by atoms with Crippen molar-refractivity contribution in [1.82, 2.24) is 4.98 Å². The van der Waals surface area contributed by atoms with Gasteiger partial charge >= 0.3 is 0 Å². The van der Waals surface area contributed by atoms with Crippen LogP contribution in [0.15, 0.2) is 5.51 Å². The SMILES string of the molecule is Cc1ncsc1CCC(C)(CN)C(C)O. The van der Waals surface area contributed by atoms with Gasteiger partial charge in [-0.05, 0) is 26.7 Å². The van der Waals surface area contributed by atoms with Gasteiger partial charge < -0.3 is 10.8 Å². The predicted octanol–water partition coefficient (Wildman–Crippen LogP) is 1.73. The number of hydrogen-bond acceptors (Lipinski definition) is 4. The summed E-state index contributed by atoms with van der Waals surface area (Å²) in [6, 6.07) is 0. The van der Waals surface area contributed by atoms with E-state index in [1.165, 1.54) is 4.88 Å². The van der Waals surface area contributed by atoms with Crippen molar-refractivity contribution in [3.05, 3.63) is 16.1 Å². The highest BCUT2D eigenvalue weighted by Gasteiger charge is 2.28. The van der Waals surface area contributed by atoms with Crippen LogP contribution in [-0.4, -0.2) is 22.7 Å². The van der Waals surface area contributed by atoms with Gasteiger partial charge in [-0.2, -0.15) is 0 Å². The number of aliphatic hydroxyl groups excluding tert-OH is 1. The third-order valence-electron chi connectivity index (χ3n) is 3.24. The minimum Gasteiger partial charge on any atom is -0.393 e. The highest BCUT2D eigenvalue weighted by Crippen LogP contribution is 2.28. The molecule has 0 aliphatic carbocycles. The Hall–Kier alpha value is -0.450. The monoisotopic (exact) mass is 228 g/mol. The molecule has 4 heteroatoms. The first-order chi connectivity index (χ1) is 6.99. The Bertz CT molecular complexity index is 311. The fourth-order valence-corrected chi connectivity index (χ4v) is 2.23. The Labute approximate surface area is 95.3 Å². The maximum atomic E-state index is 9.68. The van der Waals surface area contributed by atoms with E-state index < -0.39 is 0 Å². The summed E-state index contributed by atoms with van der Waals surface area (Å²) in [6.07, 6.45) is 1.50. The second-order valence-corrected chi connectivity index (χ2v) is 5.33. The lowest BCUT2D eigenvalue weighted by Crippen LogP contribution is -2.37. The van der Waals surface area contributed by atoms with Gasteiger partial charge in [0.1, 0.15) is 0 Å². The summed E-state index contributed by atoms with van der Waals surface area (Å²) < 4.78 is 0. The van der Waals surface area contributed by atoms with Gasteiger partial charge in [-0.1, -0.05) is 6.92 Å². The number of aryl methyl sites for hydroxylation is 2. The molecule has 2 atom stereocenters. The second kappa shape index (κ2) is 5.05. The summed E-state index contributed by atoms with van der Waals surface area (Å²) in [4.78, 5) is 5.51. The van der Waals surface area contributed by atoms with Crippen molar-refractivity contribution in [2.24, 2.45) is 11.1 Å². The largest absolute Gasteiger partial charge is 0.393 e. The molecule has 2 unspecified atom stereocenters. The number of aliphatic hydroxyl groups is 1. The highest BCUT2D eigenvalue weighted by atomic mass is 32.1. The molecule has 0 amide bonds. The molecule has 1 heterocycles. The van der Waals surface area contributed by atoms with Crippen LogP contribution < -0.4 is 5.73 Å². The average molecular weight is 228 g/mol. The van der Waals surface area contributed by atoms with Crippen molar-refractivity contribution in [3.63, 3.8) is 0 Å². The van der Waals surface area contributed by atoms with Crippen LogP contribution in [0.3, 0.4) is 0 Å². The van der Waals surface area contributed by atoms with E-state index in [1.807, 2.05) is 26.3 Å². The summed E-state index contributed by atoms with van der Waals surface area (Å²) in [7, 11) is 0. The summed E-state index contributed by atoms with van der Waals surface area (Å²) in [5, 5.41) is 9.68. The van der Waals surface area contributed by atoms with Crippen LogP contribution in [0.5, 0.6) is 0 Å². The topological polar surface area (TPSA) is 59.1 Å². The molecule has 0 bridgehead atoms. The Balaban J connectivity index is 2.59. The van der Waals surface area contributed by atoms with Crippen LogP contribution in [0.2, 0.25) is 0 Å². The van der Waals surface area contributed by atoms with E-state index in [2.05, 4.69) is 4.98 Å².